The number of nitrogens with zero attached hydrogens (tertiary/aromatic N) is 2. The predicted molar refractivity (Wildman–Crippen MR) is 73.5 cm³/mol. The number of carbonyl (C=O) groups is 1. The van der Waals surface area contributed by atoms with Gasteiger partial charge < -0.3 is 15.1 Å². The fourth-order valence-electron chi connectivity index (χ4n) is 3.18. The van der Waals surface area contributed by atoms with Crippen LogP contribution in [0.3, 0.4) is 0 Å². The zero-order chi connectivity index (χ0) is 13.2. The van der Waals surface area contributed by atoms with Gasteiger partial charge in [0.05, 0.1) is 5.41 Å². The van der Waals surface area contributed by atoms with E-state index in [1.54, 1.807) is 0 Å². The molecule has 2 rings (SSSR count). The molecule has 18 heavy (non-hydrogen) atoms. The highest BCUT2D eigenvalue weighted by Gasteiger charge is 2.39. The smallest absolute Gasteiger partial charge is 0.229 e. The number of hydrogen-bond acceptors (Lipinski definition) is 3. The zero-order valence-electron chi connectivity index (χ0n) is 12.0. The first-order chi connectivity index (χ1) is 8.53. The molecule has 0 saturated carbocycles. The Morgan fingerprint density at radius 1 is 1.39 bits per heavy atom. The van der Waals surface area contributed by atoms with Gasteiger partial charge in [-0.2, -0.15) is 0 Å². The van der Waals surface area contributed by atoms with Crippen molar-refractivity contribution >= 4 is 5.91 Å². The molecule has 0 radical (unpaired) electrons. The molecule has 0 bridgehead atoms. The Morgan fingerprint density at radius 3 is 2.78 bits per heavy atom. The minimum Gasteiger partial charge on any atom is -0.341 e. The number of rotatable bonds is 2. The van der Waals surface area contributed by atoms with Gasteiger partial charge in [0.2, 0.25) is 5.91 Å². The molecule has 1 N–H and O–H groups in total. The first-order valence-corrected chi connectivity index (χ1v) is 7.19. The molecule has 0 aliphatic carbocycles. The number of hydrogen-bond donors (Lipinski definition) is 1. The highest BCUT2D eigenvalue weighted by Crippen LogP contribution is 2.29. The van der Waals surface area contributed by atoms with Crippen LogP contribution in [0, 0.1) is 5.41 Å². The average molecular weight is 253 g/mol. The summed E-state index contributed by atoms with van der Waals surface area (Å²) in [6.45, 7) is 5.87. The van der Waals surface area contributed by atoms with Crippen LogP contribution in [0.4, 0.5) is 0 Å². The van der Waals surface area contributed by atoms with Gasteiger partial charge >= 0.3 is 0 Å². The number of carbonyl (C=O) groups excluding carboxylic acids is 1. The Bertz CT molecular complexity index is 297. The van der Waals surface area contributed by atoms with Gasteiger partial charge in [0, 0.05) is 25.7 Å². The van der Waals surface area contributed by atoms with Crippen molar-refractivity contribution in [1.82, 2.24) is 15.1 Å². The number of nitrogens with one attached hydrogen (secondary N) is 1. The second kappa shape index (κ2) is 5.57. The summed E-state index contributed by atoms with van der Waals surface area (Å²) in [5.41, 5.74) is -0.174. The Labute approximate surface area is 111 Å². The first-order valence-electron chi connectivity index (χ1n) is 7.19. The molecule has 104 valence electrons. The molecule has 0 spiro atoms. The number of piperidine rings is 2. The van der Waals surface area contributed by atoms with E-state index in [1.165, 1.54) is 6.42 Å². The molecule has 2 saturated heterocycles. The first kappa shape index (κ1) is 13.8. The molecule has 2 aliphatic rings. The van der Waals surface area contributed by atoms with Crippen LogP contribution in [-0.4, -0.2) is 62.0 Å². The Balaban J connectivity index is 1.99. The number of amides is 1. The van der Waals surface area contributed by atoms with E-state index in [4.69, 9.17) is 0 Å². The lowest BCUT2D eigenvalue weighted by molar-refractivity contribution is -0.144. The van der Waals surface area contributed by atoms with Crippen LogP contribution in [-0.2, 0) is 4.79 Å². The van der Waals surface area contributed by atoms with Crippen molar-refractivity contribution in [3.05, 3.63) is 0 Å². The Morgan fingerprint density at radius 2 is 2.17 bits per heavy atom. The summed E-state index contributed by atoms with van der Waals surface area (Å²) in [7, 11) is 4.23. The van der Waals surface area contributed by atoms with Gasteiger partial charge in [0.1, 0.15) is 0 Å². The van der Waals surface area contributed by atoms with Gasteiger partial charge in [-0.1, -0.05) is 0 Å². The molecule has 2 unspecified atom stereocenters. The topological polar surface area (TPSA) is 35.6 Å². The highest BCUT2D eigenvalue weighted by atomic mass is 16.2. The van der Waals surface area contributed by atoms with Gasteiger partial charge in [-0.25, -0.2) is 0 Å². The summed E-state index contributed by atoms with van der Waals surface area (Å²) in [5.74, 6) is 0.362. The van der Waals surface area contributed by atoms with Crippen LogP contribution >= 0.6 is 0 Å². The fourth-order valence-corrected chi connectivity index (χ4v) is 3.18. The normalized spacial score (nSPS) is 33.8. The molecule has 0 aromatic carbocycles. The highest BCUT2D eigenvalue weighted by molar-refractivity contribution is 5.83. The Hall–Kier alpha value is -0.610. The van der Waals surface area contributed by atoms with E-state index in [1.807, 2.05) is 0 Å². The Kier molecular flexibility index (Phi) is 4.28. The third-order valence-electron chi connectivity index (χ3n) is 4.53. The molecule has 0 aromatic rings. The van der Waals surface area contributed by atoms with Gasteiger partial charge in [0.25, 0.3) is 0 Å². The summed E-state index contributed by atoms with van der Waals surface area (Å²) >= 11 is 0. The van der Waals surface area contributed by atoms with Crippen molar-refractivity contribution in [3.8, 4) is 0 Å². The van der Waals surface area contributed by atoms with Gasteiger partial charge in [0.15, 0.2) is 0 Å². The molecule has 2 heterocycles. The van der Waals surface area contributed by atoms with E-state index in [0.717, 1.165) is 45.4 Å². The lowest BCUT2D eigenvalue weighted by atomic mass is 9.81. The SMILES string of the molecule is CN(C)C1CCCN(C(=O)C2(C)CCCNC2)C1. The summed E-state index contributed by atoms with van der Waals surface area (Å²) in [6, 6.07) is 0.530. The van der Waals surface area contributed by atoms with Crippen molar-refractivity contribution < 1.29 is 4.79 Å². The molecule has 2 fully saturated rings. The molecule has 4 heteroatoms. The molecule has 4 nitrogen and oxygen atoms in total. The summed E-state index contributed by atoms with van der Waals surface area (Å²) in [4.78, 5) is 17.1. The lowest BCUT2D eigenvalue weighted by Crippen LogP contribution is -2.55. The maximum Gasteiger partial charge on any atom is 0.229 e. The second-order valence-corrected chi connectivity index (χ2v) is 6.35. The van der Waals surface area contributed by atoms with Crippen molar-refractivity contribution in [2.75, 3.05) is 40.3 Å². The van der Waals surface area contributed by atoms with Crippen LogP contribution in [0.2, 0.25) is 0 Å². The second-order valence-electron chi connectivity index (χ2n) is 6.35. The lowest BCUT2D eigenvalue weighted by Gasteiger charge is -2.42. The van der Waals surface area contributed by atoms with Crippen LogP contribution in [0.25, 0.3) is 0 Å². The molecular formula is C14H27N3O. The summed E-state index contributed by atoms with van der Waals surface area (Å²) in [5, 5.41) is 3.37. The van der Waals surface area contributed by atoms with E-state index < -0.39 is 0 Å². The summed E-state index contributed by atoms with van der Waals surface area (Å²) in [6.07, 6.45) is 4.50. The molecule has 2 aliphatic heterocycles. The predicted octanol–water partition coefficient (Wildman–Crippen LogP) is 0.929. The van der Waals surface area contributed by atoms with E-state index >= 15 is 0 Å². The van der Waals surface area contributed by atoms with Gasteiger partial charge in [-0.15, -0.1) is 0 Å². The van der Waals surface area contributed by atoms with Crippen LogP contribution in [0.1, 0.15) is 32.6 Å². The molecule has 0 aromatic heterocycles. The van der Waals surface area contributed by atoms with E-state index in [2.05, 4.69) is 36.1 Å². The van der Waals surface area contributed by atoms with Crippen molar-refractivity contribution in [2.45, 2.75) is 38.6 Å². The average Bonchev–Trinajstić information content (AvgIpc) is 2.39. The van der Waals surface area contributed by atoms with E-state index in [-0.39, 0.29) is 5.41 Å². The summed E-state index contributed by atoms with van der Waals surface area (Å²) < 4.78 is 0. The number of likely N-dealkylation sites (N-methyl/N-ethyl adjacent to an activating group) is 1. The third-order valence-corrected chi connectivity index (χ3v) is 4.53. The monoisotopic (exact) mass is 253 g/mol. The largest absolute Gasteiger partial charge is 0.341 e. The molecule has 2 atom stereocenters. The molecule has 1 amide bonds. The third kappa shape index (κ3) is 2.86. The van der Waals surface area contributed by atoms with Gasteiger partial charge in [-0.05, 0) is 53.2 Å². The quantitative estimate of drug-likeness (QED) is 0.795. The van der Waals surface area contributed by atoms with Crippen LogP contribution in [0.5, 0.6) is 0 Å². The van der Waals surface area contributed by atoms with E-state index in [9.17, 15) is 4.79 Å². The van der Waals surface area contributed by atoms with Crippen molar-refractivity contribution in [1.29, 1.82) is 0 Å². The van der Waals surface area contributed by atoms with Crippen LogP contribution in [0.15, 0.2) is 0 Å². The van der Waals surface area contributed by atoms with Crippen molar-refractivity contribution in [2.24, 2.45) is 5.41 Å². The standard InChI is InChI=1S/C14H27N3O/c1-14(7-5-8-15-11-14)13(18)17-9-4-6-12(10-17)16(2)3/h12,15H,4-11H2,1-3H3. The number of likely N-dealkylation sites (tertiary alicyclic amines) is 1. The maximum atomic E-state index is 12.7. The van der Waals surface area contributed by atoms with E-state index in [0.29, 0.717) is 11.9 Å². The van der Waals surface area contributed by atoms with Crippen molar-refractivity contribution in [3.63, 3.8) is 0 Å². The van der Waals surface area contributed by atoms with Crippen LogP contribution < -0.4 is 5.32 Å². The minimum absolute atomic E-state index is 0.174. The fraction of sp³-hybridized carbons (Fsp3) is 0.929. The minimum atomic E-state index is -0.174. The maximum absolute atomic E-state index is 12.7. The van der Waals surface area contributed by atoms with Gasteiger partial charge in [-0.3, -0.25) is 4.79 Å². The zero-order valence-corrected chi connectivity index (χ0v) is 12.0. The molecular weight excluding hydrogens is 226 g/mol.